The molecule has 138 valence electrons. The third-order valence-corrected chi connectivity index (χ3v) is 3.92. The summed E-state index contributed by atoms with van der Waals surface area (Å²) in [5.74, 6) is -0.202. The van der Waals surface area contributed by atoms with Gasteiger partial charge < -0.3 is 10.6 Å². The summed E-state index contributed by atoms with van der Waals surface area (Å²) in [7, 11) is 0. The van der Waals surface area contributed by atoms with E-state index in [0.29, 0.717) is 6.54 Å². The molecular formula is C21H27N3O2. The zero-order chi connectivity index (χ0) is 18.9. The van der Waals surface area contributed by atoms with Crippen LogP contribution in [0.1, 0.15) is 20.8 Å². The SMILES string of the molecule is CCN(CC(=O)Nc1ccccc1-c1ccccc1)CC(=O)NC(C)C. The highest BCUT2D eigenvalue weighted by molar-refractivity contribution is 5.96. The fourth-order valence-electron chi connectivity index (χ4n) is 2.70. The lowest BCUT2D eigenvalue weighted by Crippen LogP contribution is -2.42. The van der Waals surface area contributed by atoms with Crippen LogP contribution in [0.2, 0.25) is 0 Å². The molecule has 0 saturated heterocycles. The minimum atomic E-state index is -0.132. The second-order valence-corrected chi connectivity index (χ2v) is 6.49. The second kappa shape index (κ2) is 9.73. The van der Waals surface area contributed by atoms with E-state index in [1.807, 2.05) is 80.3 Å². The molecule has 0 aliphatic heterocycles. The summed E-state index contributed by atoms with van der Waals surface area (Å²) < 4.78 is 0. The van der Waals surface area contributed by atoms with Crippen molar-refractivity contribution in [1.29, 1.82) is 0 Å². The highest BCUT2D eigenvalue weighted by atomic mass is 16.2. The number of para-hydroxylation sites is 1. The van der Waals surface area contributed by atoms with Gasteiger partial charge in [-0.3, -0.25) is 14.5 Å². The number of likely N-dealkylation sites (N-methyl/N-ethyl adjacent to an activating group) is 1. The third-order valence-electron chi connectivity index (χ3n) is 3.92. The number of rotatable bonds is 8. The van der Waals surface area contributed by atoms with Gasteiger partial charge in [0, 0.05) is 17.3 Å². The highest BCUT2D eigenvalue weighted by Gasteiger charge is 2.15. The first-order valence-electron chi connectivity index (χ1n) is 8.95. The van der Waals surface area contributed by atoms with E-state index < -0.39 is 0 Å². The minimum Gasteiger partial charge on any atom is -0.353 e. The van der Waals surface area contributed by atoms with Gasteiger partial charge in [0.2, 0.25) is 11.8 Å². The van der Waals surface area contributed by atoms with Gasteiger partial charge in [-0.2, -0.15) is 0 Å². The van der Waals surface area contributed by atoms with E-state index in [2.05, 4.69) is 10.6 Å². The van der Waals surface area contributed by atoms with Gasteiger partial charge in [0.1, 0.15) is 0 Å². The van der Waals surface area contributed by atoms with E-state index in [4.69, 9.17) is 0 Å². The first-order valence-corrected chi connectivity index (χ1v) is 8.95. The molecule has 0 atom stereocenters. The Balaban J connectivity index is 2.02. The van der Waals surface area contributed by atoms with Gasteiger partial charge >= 0.3 is 0 Å². The molecule has 0 spiro atoms. The molecule has 2 amide bonds. The second-order valence-electron chi connectivity index (χ2n) is 6.49. The summed E-state index contributed by atoms with van der Waals surface area (Å²) >= 11 is 0. The molecule has 0 bridgehead atoms. The van der Waals surface area contributed by atoms with E-state index in [-0.39, 0.29) is 30.9 Å². The highest BCUT2D eigenvalue weighted by Crippen LogP contribution is 2.27. The molecule has 2 aromatic carbocycles. The monoisotopic (exact) mass is 353 g/mol. The smallest absolute Gasteiger partial charge is 0.238 e. The molecule has 5 nitrogen and oxygen atoms in total. The molecule has 0 saturated carbocycles. The number of benzene rings is 2. The zero-order valence-electron chi connectivity index (χ0n) is 15.7. The Morgan fingerprint density at radius 2 is 1.54 bits per heavy atom. The minimum absolute atomic E-state index is 0.0701. The van der Waals surface area contributed by atoms with Crippen molar-refractivity contribution in [1.82, 2.24) is 10.2 Å². The third kappa shape index (κ3) is 6.01. The maximum atomic E-state index is 12.5. The average molecular weight is 353 g/mol. The van der Waals surface area contributed by atoms with Gasteiger partial charge in [0.25, 0.3) is 0 Å². The number of nitrogens with one attached hydrogen (secondary N) is 2. The molecule has 0 radical (unpaired) electrons. The summed E-state index contributed by atoms with van der Waals surface area (Å²) in [5.41, 5.74) is 2.79. The van der Waals surface area contributed by atoms with Crippen LogP contribution in [0.3, 0.4) is 0 Å². The van der Waals surface area contributed by atoms with Crippen LogP contribution in [-0.4, -0.2) is 42.4 Å². The lowest BCUT2D eigenvalue weighted by atomic mass is 10.0. The van der Waals surface area contributed by atoms with Crippen molar-refractivity contribution in [3.63, 3.8) is 0 Å². The van der Waals surface area contributed by atoms with Gasteiger partial charge in [-0.25, -0.2) is 0 Å². The molecule has 5 heteroatoms. The molecule has 26 heavy (non-hydrogen) atoms. The van der Waals surface area contributed by atoms with E-state index in [1.165, 1.54) is 0 Å². The molecule has 2 N–H and O–H groups in total. The van der Waals surface area contributed by atoms with Crippen LogP contribution < -0.4 is 10.6 Å². The Morgan fingerprint density at radius 3 is 2.19 bits per heavy atom. The molecule has 0 fully saturated rings. The van der Waals surface area contributed by atoms with Crippen molar-refractivity contribution in [2.24, 2.45) is 0 Å². The fraction of sp³-hybridized carbons (Fsp3) is 0.333. The summed E-state index contributed by atoms with van der Waals surface area (Å²) in [6.07, 6.45) is 0. The number of carbonyl (C=O) groups excluding carboxylic acids is 2. The summed E-state index contributed by atoms with van der Waals surface area (Å²) in [6, 6.07) is 17.8. The van der Waals surface area contributed by atoms with Crippen LogP contribution in [0, 0.1) is 0 Å². The topological polar surface area (TPSA) is 61.4 Å². The lowest BCUT2D eigenvalue weighted by molar-refractivity contribution is -0.123. The van der Waals surface area contributed by atoms with E-state index >= 15 is 0 Å². The van der Waals surface area contributed by atoms with Crippen molar-refractivity contribution in [2.45, 2.75) is 26.8 Å². The van der Waals surface area contributed by atoms with Crippen LogP contribution in [0.15, 0.2) is 54.6 Å². The number of anilines is 1. The Kier molecular flexibility index (Phi) is 7.36. The maximum absolute atomic E-state index is 12.5. The summed E-state index contributed by atoms with van der Waals surface area (Å²) in [5, 5.41) is 5.82. The van der Waals surface area contributed by atoms with Crippen molar-refractivity contribution >= 4 is 17.5 Å². The van der Waals surface area contributed by atoms with Gasteiger partial charge in [-0.05, 0) is 32.0 Å². The van der Waals surface area contributed by atoms with Crippen molar-refractivity contribution in [3.05, 3.63) is 54.6 Å². The van der Waals surface area contributed by atoms with E-state index in [1.54, 1.807) is 0 Å². The standard InChI is InChI=1S/C21H27N3O2/c1-4-24(14-20(25)22-16(2)3)15-21(26)23-19-13-9-8-12-18(19)17-10-6-5-7-11-17/h5-13,16H,4,14-15H2,1-3H3,(H,22,25)(H,23,26). The predicted octanol–water partition coefficient (Wildman–Crippen LogP) is 3.14. The molecule has 2 rings (SSSR count). The van der Waals surface area contributed by atoms with E-state index in [0.717, 1.165) is 16.8 Å². The summed E-state index contributed by atoms with van der Waals surface area (Å²) in [4.78, 5) is 26.2. The fourth-order valence-corrected chi connectivity index (χ4v) is 2.70. The van der Waals surface area contributed by atoms with Crippen LogP contribution in [0.4, 0.5) is 5.69 Å². The predicted molar refractivity (Wildman–Crippen MR) is 106 cm³/mol. The molecule has 0 unspecified atom stereocenters. The Bertz CT molecular complexity index is 729. The lowest BCUT2D eigenvalue weighted by Gasteiger charge is -2.20. The van der Waals surface area contributed by atoms with Crippen LogP contribution >= 0.6 is 0 Å². The van der Waals surface area contributed by atoms with Crippen LogP contribution in [-0.2, 0) is 9.59 Å². The zero-order valence-corrected chi connectivity index (χ0v) is 15.7. The molecule has 0 aromatic heterocycles. The molecule has 0 aliphatic carbocycles. The average Bonchev–Trinajstić information content (AvgIpc) is 2.61. The number of carbonyl (C=O) groups is 2. The Hall–Kier alpha value is -2.66. The van der Waals surface area contributed by atoms with Gasteiger partial charge in [-0.15, -0.1) is 0 Å². The molecular weight excluding hydrogens is 326 g/mol. The Labute approximate surface area is 155 Å². The number of hydrogen-bond acceptors (Lipinski definition) is 3. The Morgan fingerprint density at radius 1 is 0.923 bits per heavy atom. The van der Waals surface area contributed by atoms with Gasteiger partial charge in [-0.1, -0.05) is 55.5 Å². The van der Waals surface area contributed by atoms with Gasteiger partial charge in [0.15, 0.2) is 0 Å². The molecule has 0 aliphatic rings. The number of nitrogens with zero attached hydrogens (tertiary/aromatic N) is 1. The van der Waals surface area contributed by atoms with Crippen LogP contribution in [0.5, 0.6) is 0 Å². The quantitative estimate of drug-likeness (QED) is 0.766. The normalized spacial score (nSPS) is 10.8. The van der Waals surface area contributed by atoms with Gasteiger partial charge in [0.05, 0.1) is 13.1 Å². The van der Waals surface area contributed by atoms with Crippen LogP contribution in [0.25, 0.3) is 11.1 Å². The number of hydrogen-bond donors (Lipinski definition) is 2. The molecule has 2 aromatic rings. The van der Waals surface area contributed by atoms with E-state index in [9.17, 15) is 9.59 Å². The first-order chi connectivity index (χ1) is 12.5. The molecule has 0 heterocycles. The van der Waals surface area contributed by atoms with Crippen molar-refractivity contribution in [3.8, 4) is 11.1 Å². The number of amides is 2. The maximum Gasteiger partial charge on any atom is 0.238 e. The summed E-state index contributed by atoms with van der Waals surface area (Å²) in [6.45, 7) is 6.78. The largest absolute Gasteiger partial charge is 0.353 e. The first kappa shape index (κ1) is 19.7. The van der Waals surface area contributed by atoms with Crippen molar-refractivity contribution in [2.75, 3.05) is 25.0 Å². The van der Waals surface area contributed by atoms with Crippen molar-refractivity contribution < 1.29 is 9.59 Å².